The zero-order valence-electron chi connectivity index (χ0n) is 12.7. The molecule has 0 aromatic rings. The molecule has 118 valence electrons. The van der Waals surface area contributed by atoms with Gasteiger partial charge in [0.1, 0.15) is 0 Å². The molecule has 0 radical (unpaired) electrons. The average molecular weight is 303 g/mol. The molecule has 0 spiro atoms. The van der Waals surface area contributed by atoms with Crippen molar-refractivity contribution in [2.45, 2.75) is 32.1 Å². The van der Waals surface area contributed by atoms with Crippen LogP contribution in [0.2, 0.25) is 0 Å². The number of nitrogens with one attached hydrogen (secondary N) is 1. The van der Waals surface area contributed by atoms with Gasteiger partial charge in [0.2, 0.25) is 10.0 Å². The van der Waals surface area contributed by atoms with Gasteiger partial charge in [0.05, 0.1) is 6.26 Å². The van der Waals surface area contributed by atoms with Crippen molar-refractivity contribution in [1.29, 1.82) is 0 Å². The van der Waals surface area contributed by atoms with Crippen LogP contribution < -0.4 is 5.32 Å². The van der Waals surface area contributed by atoms with Crippen molar-refractivity contribution in [1.82, 2.24) is 14.5 Å². The molecule has 0 aliphatic carbocycles. The SMILES string of the molecule is CS(=O)(=O)N1CCCC(CNCCCN2CCCC2)C1. The van der Waals surface area contributed by atoms with Crippen molar-refractivity contribution in [3.05, 3.63) is 0 Å². The third kappa shape index (κ3) is 5.31. The summed E-state index contributed by atoms with van der Waals surface area (Å²) in [6, 6.07) is 0. The van der Waals surface area contributed by atoms with Crippen molar-refractivity contribution in [3.63, 3.8) is 0 Å². The Labute approximate surface area is 123 Å². The Kier molecular flexibility index (Phi) is 6.26. The van der Waals surface area contributed by atoms with Crippen molar-refractivity contribution in [2.75, 3.05) is 52.1 Å². The number of sulfonamides is 1. The number of nitrogens with zero attached hydrogens (tertiary/aromatic N) is 2. The Bertz CT molecular complexity index is 380. The highest BCUT2D eigenvalue weighted by molar-refractivity contribution is 7.88. The van der Waals surface area contributed by atoms with Gasteiger partial charge in [-0.05, 0) is 70.7 Å². The topological polar surface area (TPSA) is 52.7 Å². The third-order valence-electron chi connectivity index (χ3n) is 4.41. The van der Waals surface area contributed by atoms with E-state index in [9.17, 15) is 8.42 Å². The fourth-order valence-electron chi connectivity index (χ4n) is 3.23. The van der Waals surface area contributed by atoms with Crippen LogP contribution >= 0.6 is 0 Å². The second-order valence-corrected chi connectivity index (χ2v) is 8.22. The van der Waals surface area contributed by atoms with Crippen LogP contribution in [0.1, 0.15) is 32.1 Å². The molecule has 1 unspecified atom stereocenters. The lowest BCUT2D eigenvalue weighted by atomic mass is 10.00. The summed E-state index contributed by atoms with van der Waals surface area (Å²) in [5.41, 5.74) is 0. The molecule has 2 aliphatic heterocycles. The van der Waals surface area contributed by atoms with E-state index >= 15 is 0 Å². The Morgan fingerprint density at radius 1 is 1.15 bits per heavy atom. The standard InChI is InChI=1S/C14H29N3O2S/c1-20(18,19)17-11-4-6-14(13-17)12-15-7-5-10-16-8-2-3-9-16/h14-15H,2-13H2,1H3. The minimum atomic E-state index is -3.01. The van der Waals surface area contributed by atoms with Crippen molar-refractivity contribution in [2.24, 2.45) is 5.92 Å². The van der Waals surface area contributed by atoms with Gasteiger partial charge in [0.15, 0.2) is 0 Å². The first kappa shape index (κ1) is 16.2. The molecule has 2 fully saturated rings. The summed E-state index contributed by atoms with van der Waals surface area (Å²) in [6.07, 6.45) is 7.37. The number of rotatable bonds is 7. The molecular weight excluding hydrogens is 274 g/mol. The summed E-state index contributed by atoms with van der Waals surface area (Å²) in [6.45, 7) is 7.13. The number of hydrogen-bond donors (Lipinski definition) is 1. The van der Waals surface area contributed by atoms with E-state index in [2.05, 4.69) is 10.2 Å². The Morgan fingerprint density at radius 3 is 2.60 bits per heavy atom. The molecule has 1 atom stereocenters. The largest absolute Gasteiger partial charge is 0.316 e. The normalized spacial score (nSPS) is 26.1. The molecule has 0 saturated carbocycles. The Hall–Kier alpha value is -0.170. The van der Waals surface area contributed by atoms with Gasteiger partial charge in [0.25, 0.3) is 0 Å². The van der Waals surface area contributed by atoms with Crippen LogP contribution in [0.4, 0.5) is 0 Å². The van der Waals surface area contributed by atoms with Crippen LogP contribution in [0.25, 0.3) is 0 Å². The van der Waals surface area contributed by atoms with E-state index in [1.54, 1.807) is 4.31 Å². The zero-order valence-corrected chi connectivity index (χ0v) is 13.5. The minimum absolute atomic E-state index is 0.477. The van der Waals surface area contributed by atoms with E-state index < -0.39 is 10.0 Å². The van der Waals surface area contributed by atoms with E-state index in [4.69, 9.17) is 0 Å². The van der Waals surface area contributed by atoms with E-state index in [1.165, 1.54) is 45.2 Å². The molecule has 0 aromatic heterocycles. The maximum Gasteiger partial charge on any atom is 0.211 e. The van der Waals surface area contributed by atoms with Gasteiger partial charge in [-0.25, -0.2) is 12.7 Å². The average Bonchev–Trinajstić information content (AvgIpc) is 2.91. The number of piperidine rings is 1. The van der Waals surface area contributed by atoms with Crippen LogP contribution in [-0.2, 0) is 10.0 Å². The Morgan fingerprint density at radius 2 is 1.90 bits per heavy atom. The first-order valence-electron chi connectivity index (χ1n) is 7.94. The lowest BCUT2D eigenvalue weighted by Gasteiger charge is -2.31. The second kappa shape index (κ2) is 7.73. The summed E-state index contributed by atoms with van der Waals surface area (Å²) < 4.78 is 24.7. The molecule has 5 nitrogen and oxygen atoms in total. The molecule has 0 amide bonds. The molecule has 2 rings (SSSR count). The van der Waals surface area contributed by atoms with E-state index in [0.717, 1.165) is 25.9 Å². The Balaban J connectivity index is 1.57. The van der Waals surface area contributed by atoms with Crippen LogP contribution in [-0.4, -0.2) is 69.7 Å². The quantitative estimate of drug-likeness (QED) is 0.705. The lowest BCUT2D eigenvalue weighted by molar-refractivity contribution is 0.259. The molecule has 1 N–H and O–H groups in total. The van der Waals surface area contributed by atoms with Gasteiger partial charge in [0, 0.05) is 13.1 Å². The molecule has 0 aromatic carbocycles. The molecule has 6 heteroatoms. The summed E-state index contributed by atoms with van der Waals surface area (Å²) in [5, 5.41) is 3.50. The monoisotopic (exact) mass is 303 g/mol. The van der Waals surface area contributed by atoms with E-state index in [0.29, 0.717) is 19.0 Å². The van der Waals surface area contributed by atoms with E-state index in [1.807, 2.05) is 0 Å². The number of hydrogen-bond acceptors (Lipinski definition) is 4. The highest BCUT2D eigenvalue weighted by Gasteiger charge is 2.25. The molecule has 2 aliphatic rings. The highest BCUT2D eigenvalue weighted by atomic mass is 32.2. The fourth-order valence-corrected chi connectivity index (χ4v) is 4.18. The summed E-state index contributed by atoms with van der Waals surface area (Å²) >= 11 is 0. The van der Waals surface area contributed by atoms with Gasteiger partial charge >= 0.3 is 0 Å². The highest BCUT2D eigenvalue weighted by Crippen LogP contribution is 2.17. The fraction of sp³-hybridized carbons (Fsp3) is 1.00. The first-order valence-corrected chi connectivity index (χ1v) is 9.79. The van der Waals surface area contributed by atoms with Crippen LogP contribution in [0.5, 0.6) is 0 Å². The summed E-state index contributed by atoms with van der Waals surface area (Å²) in [7, 11) is -3.01. The molecule has 2 saturated heterocycles. The summed E-state index contributed by atoms with van der Waals surface area (Å²) in [4.78, 5) is 2.54. The van der Waals surface area contributed by atoms with Gasteiger partial charge < -0.3 is 10.2 Å². The van der Waals surface area contributed by atoms with Crippen LogP contribution in [0.15, 0.2) is 0 Å². The molecular formula is C14H29N3O2S. The molecule has 2 heterocycles. The predicted molar refractivity (Wildman–Crippen MR) is 82.3 cm³/mol. The first-order chi connectivity index (χ1) is 9.55. The van der Waals surface area contributed by atoms with Crippen LogP contribution in [0.3, 0.4) is 0 Å². The molecule has 0 bridgehead atoms. The minimum Gasteiger partial charge on any atom is -0.316 e. The smallest absolute Gasteiger partial charge is 0.211 e. The van der Waals surface area contributed by atoms with Crippen LogP contribution in [0, 0.1) is 5.92 Å². The van der Waals surface area contributed by atoms with Crippen molar-refractivity contribution >= 4 is 10.0 Å². The third-order valence-corrected chi connectivity index (χ3v) is 5.68. The lowest BCUT2D eigenvalue weighted by Crippen LogP contribution is -2.42. The zero-order chi connectivity index (χ0) is 14.4. The van der Waals surface area contributed by atoms with Gasteiger partial charge in [-0.3, -0.25) is 0 Å². The molecule has 20 heavy (non-hydrogen) atoms. The van der Waals surface area contributed by atoms with Gasteiger partial charge in [-0.1, -0.05) is 0 Å². The van der Waals surface area contributed by atoms with Gasteiger partial charge in [-0.15, -0.1) is 0 Å². The predicted octanol–water partition coefficient (Wildman–Crippen LogP) is 0.734. The van der Waals surface area contributed by atoms with Gasteiger partial charge in [-0.2, -0.15) is 0 Å². The maximum absolute atomic E-state index is 11.6. The van der Waals surface area contributed by atoms with Crippen molar-refractivity contribution < 1.29 is 8.42 Å². The summed E-state index contributed by atoms with van der Waals surface area (Å²) in [5.74, 6) is 0.477. The number of likely N-dealkylation sites (tertiary alicyclic amines) is 1. The van der Waals surface area contributed by atoms with Crippen molar-refractivity contribution in [3.8, 4) is 0 Å². The van der Waals surface area contributed by atoms with E-state index in [-0.39, 0.29) is 0 Å². The maximum atomic E-state index is 11.6. The second-order valence-electron chi connectivity index (χ2n) is 6.24.